The number of carbonyl (C=O) groups is 1. The summed E-state index contributed by atoms with van der Waals surface area (Å²) in [5, 5.41) is 17.6. The van der Waals surface area contributed by atoms with Gasteiger partial charge in [0.05, 0.1) is 5.56 Å². The molecule has 0 fully saturated rings. The summed E-state index contributed by atoms with van der Waals surface area (Å²) in [7, 11) is 0. The molecule has 4 nitrogen and oxygen atoms in total. The predicted octanol–water partition coefficient (Wildman–Crippen LogP) is 2.60. The first-order valence-corrected chi connectivity index (χ1v) is 4.84. The van der Waals surface area contributed by atoms with E-state index in [1.165, 1.54) is 6.07 Å². The second kappa shape index (κ2) is 5.46. The maximum atomic E-state index is 12.2. The van der Waals surface area contributed by atoms with Crippen LogP contribution in [0.3, 0.4) is 0 Å². The Hall–Kier alpha value is -1.87. The number of halogens is 3. The number of carboxylic acids is 1. The molecule has 90 valence electrons. The minimum absolute atomic E-state index is 0.109. The van der Waals surface area contributed by atoms with E-state index >= 15 is 0 Å². The number of carboxylic acid groups (broad SMARTS) is 1. The fourth-order valence-electron chi connectivity index (χ4n) is 1.24. The van der Waals surface area contributed by atoms with Crippen molar-refractivity contribution in [2.45, 2.75) is 12.5 Å². The Bertz CT molecular complexity index is 485. The average molecular weight is 262 g/mol. The number of aromatic carboxylic acids is 1. The van der Waals surface area contributed by atoms with Crippen LogP contribution in [0.25, 0.3) is 0 Å². The highest BCUT2D eigenvalue weighted by Crippen LogP contribution is 2.29. The zero-order valence-corrected chi connectivity index (χ0v) is 9.04. The Kier molecular flexibility index (Phi) is 4.24. The van der Waals surface area contributed by atoms with Gasteiger partial charge in [0, 0.05) is 5.88 Å². The van der Waals surface area contributed by atoms with E-state index in [1.807, 2.05) is 0 Å². The van der Waals surface area contributed by atoms with Crippen molar-refractivity contribution in [3.8, 4) is 11.8 Å². The second-order valence-corrected chi connectivity index (χ2v) is 3.17. The first kappa shape index (κ1) is 13.2. The molecule has 0 aliphatic heterocycles. The first-order chi connectivity index (χ1) is 8.01. The zero-order chi connectivity index (χ0) is 13.0. The lowest BCUT2D eigenvalue weighted by Crippen LogP contribution is -2.10. The number of nitriles is 1. The van der Waals surface area contributed by atoms with Gasteiger partial charge in [0.1, 0.15) is 11.6 Å². The van der Waals surface area contributed by atoms with Gasteiger partial charge in [-0.2, -0.15) is 14.0 Å². The molecule has 0 aromatic heterocycles. The third-order valence-corrected chi connectivity index (χ3v) is 2.23. The Morgan fingerprint density at radius 2 is 2.24 bits per heavy atom. The molecule has 1 N–H and O–H groups in total. The van der Waals surface area contributed by atoms with E-state index in [9.17, 15) is 13.6 Å². The largest absolute Gasteiger partial charge is 0.478 e. The molecule has 0 heterocycles. The summed E-state index contributed by atoms with van der Waals surface area (Å²) in [6.45, 7) is -3.22. The molecule has 0 unspecified atom stereocenters. The van der Waals surface area contributed by atoms with Gasteiger partial charge in [0.15, 0.2) is 5.75 Å². The number of nitrogens with zero attached hydrogens (tertiary/aromatic N) is 1. The van der Waals surface area contributed by atoms with Crippen molar-refractivity contribution in [1.29, 1.82) is 5.26 Å². The van der Waals surface area contributed by atoms with Gasteiger partial charge < -0.3 is 9.84 Å². The van der Waals surface area contributed by atoms with Crippen molar-refractivity contribution in [2.24, 2.45) is 0 Å². The van der Waals surface area contributed by atoms with Crippen LogP contribution < -0.4 is 4.74 Å². The van der Waals surface area contributed by atoms with Gasteiger partial charge in [0.2, 0.25) is 0 Å². The number of alkyl halides is 3. The van der Waals surface area contributed by atoms with E-state index in [-0.39, 0.29) is 17.0 Å². The van der Waals surface area contributed by atoms with Crippen molar-refractivity contribution >= 4 is 17.6 Å². The third-order valence-electron chi connectivity index (χ3n) is 1.94. The molecule has 0 atom stereocenters. The van der Waals surface area contributed by atoms with Gasteiger partial charge in [-0.15, -0.1) is 11.6 Å². The summed E-state index contributed by atoms with van der Waals surface area (Å²) in [6, 6.07) is 3.96. The monoisotopic (exact) mass is 261 g/mol. The van der Waals surface area contributed by atoms with Gasteiger partial charge >= 0.3 is 12.6 Å². The molecule has 1 rings (SSSR count). The molecule has 0 spiro atoms. The minimum atomic E-state index is -3.22. The van der Waals surface area contributed by atoms with Gasteiger partial charge in [0.25, 0.3) is 0 Å². The van der Waals surface area contributed by atoms with Crippen molar-refractivity contribution in [3.05, 3.63) is 28.8 Å². The van der Waals surface area contributed by atoms with Crippen LogP contribution in [0.5, 0.6) is 5.75 Å². The summed E-state index contributed by atoms with van der Waals surface area (Å²) in [5.41, 5.74) is -0.564. The molecule has 0 aliphatic rings. The lowest BCUT2D eigenvalue weighted by molar-refractivity contribution is -0.0505. The summed E-state index contributed by atoms with van der Waals surface area (Å²) < 4.78 is 28.4. The van der Waals surface area contributed by atoms with E-state index in [4.69, 9.17) is 22.0 Å². The quantitative estimate of drug-likeness (QED) is 0.846. The normalized spacial score (nSPS) is 10.1. The standard InChI is InChI=1S/C10H6ClF2NO3/c11-3-5-1-2-6(9(15)16)8(7(5)4-14)17-10(12)13/h1-2,10H,3H2,(H,15,16). The summed E-state index contributed by atoms with van der Waals surface area (Å²) in [5.74, 6) is -2.23. The summed E-state index contributed by atoms with van der Waals surface area (Å²) in [6.07, 6.45) is 0. The maximum absolute atomic E-state index is 12.2. The average Bonchev–Trinajstić information content (AvgIpc) is 2.27. The fraction of sp³-hybridized carbons (Fsp3) is 0.200. The van der Waals surface area contributed by atoms with Crippen LogP contribution >= 0.6 is 11.6 Å². The van der Waals surface area contributed by atoms with Gasteiger partial charge in [-0.25, -0.2) is 4.79 Å². The molecule has 0 aliphatic carbocycles. The lowest BCUT2D eigenvalue weighted by Gasteiger charge is -2.11. The highest BCUT2D eigenvalue weighted by atomic mass is 35.5. The Balaban J connectivity index is 3.45. The highest BCUT2D eigenvalue weighted by Gasteiger charge is 2.21. The molecule has 0 radical (unpaired) electrons. The molecule has 7 heteroatoms. The summed E-state index contributed by atoms with van der Waals surface area (Å²) in [4.78, 5) is 10.8. The number of ether oxygens (including phenoxy) is 1. The second-order valence-electron chi connectivity index (χ2n) is 2.91. The molecule has 0 bridgehead atoms. The predicted molar refractivity (Wildman–Crippen MR) is 54.3 cm³/mol. The molecule has 1 aromatic carbocycles. The number of rotatable bonds is 4. The molecule has 0 saturated carbocycles. The van der Waals surface area contributed by atoms with E-state index in [1.54, 1.807) is 6.07 Å². The van der Waals surface area contributed by atoms with E-state index in [0.29, 0.717) is 0 Å². The van der Waals surface area contributed by atoms with Crippen molar-refractivity contribution in [1.82, 2.24) is 0 Å². The first-order valence-electron chi connectivity index (χ1n) is 4.31. The Labute approximate surface area is 100.0 Å². The van der Waals surface area contributed by atoms with Crippen LogP contribution in [0, 0.1) is 11.3 Å². The van der Waals surface area contributed by atoms with Crippen LogP contribution in [0.15, 0.2) is 12.1 Å². The van der Waals surface area contributed by atoms with Gasteiger partial charge in [-0.1, -0.05) is 6.07 Å². The van der Waals surface area contributed by atoms with Crippen LogP contribution in [0.2, 0.25) is 0 Å². The topological polar surface area (TPSA) is 70.3 Å². The fourth-order valence-corrected chi connectivity index (χ4v) is 1.46. The SMILES string of the molecule is N#Cc1c(CCl)ccc(C(=O)O)c1OC(F)F. The number of hydrogen-bond donors (Lipinski definition) is 1. The van der Waals surface area contributed by atoms with E-state index in [2.05, 4.69) is 4.74 Å². The lowest BCUT2D eigenvalue weighted by atomic mass is 10.0. The van der Waals surface area contributed by atoms with Crippen LogP contribution in [0.4, 0.5) is 8.78 Å². The van der Waals surface area contributed by atoms with Gasteiger partial charge in [-0.3, -0.25) is 0 Å². The molecule has 17 heavy (non-hydrogen) atoms. The van der Waals surface area contributed by atoms with Crippen LogP contribution in [-0.2, 0) is 5.88 Å². The smallest absolute Gasteiger partial charge is 0.387 e. The number of benzene rings is 1. The van der Waals surface area contributed by atoms with Crippen molar-refractivity contribution in [3.63, 3.8) is 0 Å². The maximum Gasteiger partial charge on any atom is 0.387 e. The summed E-state index contributed by atoms with van der Waals surface area (Å²) >= 11 is 5.51. The molecular weight excluding hydrogens is 256 g/mol. The highest BCUT2D eigenvalue weighted by molar-refractivity contribution is 6.17. The molecule has 0 saturated heterocycles. The molecule has 1 aromatic rings. The van der Waals surface area contributed by atoms with Crippen molar-refractivity contribution < 1.29 is 23.4 Å². The molecular formula is C10H6ClF2NO3. The third kappa shape index (κ3) is 2.82. The minimum Gasteiger partial charge on any atom is -0.478 e. The van der Waals surface area contributed by atoms with Crippen LogP contribution in [0.1, 0.15) is 21.5 Å². The van der Waals surface area contributed by atoms with E-state index in [0.717, 1.165) is 6.07 Å². The van der Waals surface area contributed by atoms with Gasteiger partial charge in [-0.05, 0) is 11.6 Å². The van der Waals surface area contributed by atoms with Crippen molar-refractivity contribution in [2.75, 3.05) is 0 Å². The Morgan fingerprint density at radius 1 is 1.59 bits per heavy atom. The molecule has 0 amide bonds. The number of hydrogen-bond acceptors (Lipinski definition) is 3. The Morgan fingerprint density at radius 3 is 2.65 bits per heavy atom. The zero-order valence-electron chi connectivity index (χ0n) is 8.28. The van der Waals surface area contributed by atoms with Crippen LogP contribution in [-0.4, -0.2) is 17.7 Å². The van der Waals surface area contributed by atoms with E-state index < -0.39 is 23.9 Å².